The third-order valence-corrected chi connectivity index (χ3v) is 4.30. The lowest BCUT2D eigenvalue weighted by Gasteiger charge is -2.09. The van der Waals surface area contributed by atoms with Crippen LogP contribution in [0, 0.1) is 0 Å². The van der Waals surface area contributed by atoms with Crippen molar-refractivity contribution in [2.75, 3.05) is 0 Å². The molecule has 4 rings (SSSR count). The molecule has 1 aromatic heterocycles. The summed E-state index contributed by atoms with van der Waals surface area (Å²) in [4.78, 5) is 12.8. The van der Waals surface area contributed by atoms with Crippen molar-refractivity contribution in [3.63, 3.8) is 0 Å². The van der Waals surface area contributed by atoms with Crippen molar-refractivity contribution < 1.29 is 0 Å². The summed E-state index contributed by atoms with van der Waals surface area (Å²) in [6, 6.07) is 9.98. The van der Waals surface area contributed by atoms with E-state index >= 15 is 0 Å². The van der Waals surface area contributed by atoms with E-state index in [0.717, 1.165) is 11.3 Å². The molecule has 3 nitrogen and oxygen atoms in total. The predicted octanol–water partition coefficient (Wildman–Crippen LogP) is 2.93. The predicted molar refractivity (Wildman–Crippen MR) is 75.0 cm³/mol. The van der Waals surface area contributed by atoms with Gasteiger partial charge in [0.1, 0.15) is 0 Å². The Morgan fingerprint density at radius 3 is 2.21 bits per heavy atom. The Morgan fingerprint density at radius 2 is 1.63 bits per heavy atom. The summed E-state index contributed by atoms with van der Waals surface area (Å²) >= 11 is 0. The van der Waals surface area contributed by atoms with Crippen LogP contribution in [0.2, 0.25) is 0 Å². The van der Waals surface area contributed by atoms with Crippen LogP contribution in [0.5, 0.6) is 0 Å². The maximum absolute atomic E-state index is 12.8. The minimum Gasteiger partial charge on any atom is -0.284 e. The molecule has 2 aliphatic carbocycles. The average molecular weight is 254 g/mol. The monoisotopic (exact) mass is 254 g/mol. The molecule has 2 fully saturated rings. The minimum absolute atomic E-state index is 0.207. The Morgan fingerprint density at radius 1 is 1.00 bits per heavy atom. The molecule has 0 spiro atoms. The largest absolute Gasteiger partial charge is 0.284 e. The fourth-order valence-electron chi connectivity index (χ4n) is 3.10. The molecule has 98 valence electrons. The highest BCUT2D eigenvalue weighted by molar-refractivity contribution is 5.38. The molecule has 0 amide bonds. The van der Waals surface area contributed by atoms with Crippen LogP contribution >= 0.6 is 0 Å². The summed E-state index contributed by atoms with van der Waals surface area (Å²) < 4.78 is 3.95. The molecule has 0 unspecified atom stereocenters. The van der Waals surface area contributed by atoms with E-state index in [9.17, 15) is 4.79 Å². The summed E-state index contributed by atoms with van der Waals surface area (Å²) in [5.74, 6) is 1.15. The Hall–Kier alpha value is -1.77. The summed E-state index contributed by atoms with van der Waals surface area (Å²) in [7, 11) is 2.04. The van der Waals surface area contributed by atoms with Crippen LogP contribution in [0.4, 0.5) is 0 Å². The van der Waals surface area contributed by atoms with E-state index in [1.54, 1.807) is 0 Å². The molecule has 0 atom stereocenters. The molecular formula is C16H18N2O. The van der Waals surface area contributed by atoms with Crippen LogP contribution in [-0.2, 0) is 7.05 Å². The standard InChI is InChI=1S/C16H18N2O/c1-17-15(12-9-10-12)14(11-7-8-11)16(19)18(17)13-5-3-2-4-6-13/h2-6,11-12H,7-10H2,1H3. The average Bonchev–Trinajstić information content (AvgIpc) is 3.30. The van der Waals surface area contributed by atoms with Crippen molar-refractivity contribution in [1.29, 1.82) is 0 Å². The molecule has 0 aliphatic heterocycles. The van der Waals surface area contributed by atoms with Gasteiger partial charge in [0.2, 0.25) is 0 Å². The Kier molecular flexibility index (Phi) is 2.25. The van der Waals surface area contributed by atoms with Gasteiger partial charge in [-0.25, -0.2) is 4.68 Å². The quantitative estimate of drug-likeness (QED) is 0.827. The number of para-hydroxylation sites is 1. The van der Waals surface area contributed by atoms with Crippen LogP contribution in [0.1, 0.15) is 48.8 Å². The van der Waals surface area contributed by atoms with E-state index in [1.165, 1.54) is 31.4 Å². The zero-order chi connectivity index (χ0) is 13.0. The van der Waals surface area contributed by atoms with Crippen molar-refractivity contribution in [2.45, 2.75) is 37.5 Å². The number of hydrogen-bond donors (Lipinski definition) is 0. The molecule has 0 radical (unpaired) electrons. The topological polar surface area (TPSA) is 26.9 Å². The van der Waals surface area contributed by atoms with E-state index in [-0.39, 0.29) is 5.56 Å². The number of benzene rings is 1. The lowest BCUT2D eigenvalue weighted by molar-refractivity contribution is 0.616. The number of nitrogens with zero attached hydrogens (tertiary/aromatic N) is 2. The van der Waals surface area contributed by atoms with Gasteiger partial charge in [0, 0.05) is 24.2 Å². The molecule has 1 heterocycles. The van der Waals surface area contributed by atoms with E-state index in [0.29, 0.717) is 11.8 Å². The van der Waals surface area contributed by atoms with Crippen LogP contribution in [0.3, 0.4) is 0 Å². The second kappa shape index (κ2) is 3.86. The van der Waals surface area contributed by atoms with Crippen molar-refractivity contribution >= 4 is 0 Å². The van der Waals surface area contributed by atoms with Gasteiger partial charge in [0.25, 0.3) is 5.56 Å². The fraction of sp³-hybridized carbons (Fsp3) is 0.438. The second-order valence-corrected chi connectivity index (χ2v) is 5.82. The van der Waals surface area contributed by atoms with Crippen LogP contribution in [-0.4, -0.2) is 9.36 Å². The third-order valence-electron chi connectivity index (χ3n) is 4.30. The van der Waals surface area contributed by atoms with Crippen molar-refractivity contribution in [1.82, 2.24) is 9.36 Å². The van der Waals surface area contributed by atoms with Gasteiger partial charge in [-0.3, -0.25) is 9.48 Å². The molecule has 2 aliphatic rings. The molecule has 0 saturated heterocycles. The Labute approximate surface area is 112 Å². The van der Waals surface area contributed by atoms with E-state index < -0.39 is 0 Å². The van der Waals surface area contributed by atoms with Gasteiger partial charge in [-0.2, -0.15) is 0 Å². The Bertz CT molecular complexity index is 673. The molecule has 2 aromatic rings. The third kappa shape index (κ3) is 1.68. The smallest absolute Gasteiger partial charge is 0.275 e. The van der Waals surface area contributed by atoms with E-state index in [4.69, 9.17) is 0 Å². The molecule has 0 bridgehead atoms. The van der Waals surface area contributed by atoms with E-state index in [2.05, 4.69) is 4.68 Å². The summed E-state index contributed by atoms with van der Waals surface area (Å²) in [6.07, 6.45) is 4.86. The molecule has 0 N–H and O–H groups in total. The van der Waals surface area contributed by atoms with Crippen LogP contribution in [0.15, 0.2) is 35.1 Å². The SMILES string of the molecule is Cn1c(C2CC2)c(C2CC2)c(=O)n1-c1ccccc1. The number of rotatable bonds is 3. The number of hydrogen-bond acceptors (Lipinski definition) is 1. The molecular weight excluding hydrogens is 236 g/mol. The normalized spacial score (nSPS) is 18.8. The lowest BCUT2D eigenvalue weighted by atomic mass is 10.1. The number of aromatic nitrogens is 2. The van der Waals surface area contributed by atoms with Crippen molar-refractivity contribution in [2.24, 2.45) is 7.05 Å². The van der Waals surface area contributed by atoms with Crippen molar-refractivity contribution in [3.8, 4) is 5.69 Å². The minimum atomic E-state index is 0.207. The van der Waals surface area contributed by atoms with Gasteiger partial charge in [-0.15, -0.1) is 0 Å². The first-order chi connectivity index (χ1) is 9.27. The van der Waals surface area contributed by atoms with Gasteiger partial charge in [0.15, 0.2) is 0 Å². The molecule has 1 aromatic carbocycles. The van der Waals surface area contributed by atoms with Gasteiger partial charge < -0.3 is 0 Å². The highest BCUT2D eigenvalue weighted by Gasteiger charge is 2.38. The van der Waals surface area contributed by atoms with Gasteiger partial charge in [-0.05, 0) is 43.7 Å². The summed E-state index contributed by atoms with van der Waals surface area (Å²) in [5, 5.41) is 0. The van der Waals surface area contributed by atoms with Crippen molar-refractivity contribution in [3.05, 3.63) is 51.9 Å². The Balaban J connectivity index is 1.96. The zero-order valence-electron chi connectivity index (χ0n) is 11.2. The van der Waals surface area contributed by atoms with Crippen LogP contribution < -0.4 is 5.56 Å². The lowest BCUT2D eigenvalue weighted by Crippen LogP contribution is -2.20. The molecule has 19 heavy (non-hydrogen) atoms. The maximum atomic E-state index is 12.8. The second-order valence-electron chi connectivity index (χ2n) is 5.82. The maximum Gasteiger partial charge on any atom is 0.275 e. The first-order valence-electron chi connectivity index (χ1n) is 7.14. The first-order valence-corrected chi connectivity index (χ1v) is 7.14. The molecule has 2 saturated carbocycles. The van der Waals surface area contributed by atoms with Gasteiger partial charge >= 0.3 is 0 Å². The summed E-state index contributed by atoms with van der Waals surface area (Å²) in [5.41, 5.74) is 3.59. The fourth-order valence-corrected chi connectivity index (χ4v) is 3.10. The molecule has 3 heteroatoms. The van der Waals surface area contributed by atoms with E-state index in [1.807, 2.05) is 42.1 Å². The highest BCUT2D eigenvalue weighted by Crippen LogP contribution is 2.48. The van der Waals surface area contributed by atoms with Gasteiger partial charge in [-0.1, -0.05) is 18.2 Å². The van der Waals surface area contributed by atoms with Crippen LogP contribution in [0.25, 0.3) is 5.69 Å². The zero-order valence-corrected chi connectivity index (χ0v) is 11.2. The van der Waals surface area contributed by atoms with Gasteiger partial charge in [0.05, 0.1) is 5.69 Å². The summed E-state index contributed by atoms with van der Waals surface area (Å²) in [6.45, 7) is 0. The first kappa shape index (κ1) is 11.1. The highest BCUT2D eigenvalue weighted by atomic mass is 16.1.